The number of benzene rings is 1. The molecule has 0 fully saturated rings. The van der Waals surface area contributed by atoms with E-state index in [1.165, 1.54) is 5.56 Å². The van der Waals surface area contributed by atoms with Crippen molar-refractivity contribution in [3.05, 3.63) is 47.5 Å². The van der Waals surface area contributed by atoms with Crippen LogP contribution in [0.2, 0.25) is 0 Å². The fraction of sp³-hybridized carbons (Fsp3) is 0.286. The van der Waals surface area contributed by atoms with E-state index in [-0.39, 0.29) is 0 Å². The zero-order valence-electron chi connectivity index (χ0n) is 10.8. The number of aromatic nitrogens is 2. The Labute approximate surface area is 107 Å². The predicted molar refractivity (Wildman–Crippen MR) is 74.0 cm³/mol. The normalized spacial score (nSPS) is 10.4. The zero-order valence-corrected chi connectivity index (χ0v) is 10.8. The van der Waals surface area contributed by atoms with Gasteiger partial charge in [-0.1, -0.05) is 12.1 Å². The summed E-state index contributed by atoms with van der Waals surface area (Å²) in [6, 6.07) is 8.26. The summed E-state index contributed by atoms with van der Waals surface area (Å²) >= 11 is 0. The van der Waals surface area contributed by atoms with Gasteiger partial charge < -0.3 is 11.1 Å². The van der Waals surface area contributed by atoms with Crippen LogP contribution in [0.1, 0.15) is 17.1 Å². The van der Waals surface area contributed by atoms with E-state index in [1.807, 2.05) is 32.2 Å². The smallest absolute Gasteiger partial charge is 0.125 e. The predicted octanol–water partition coefficient (Wildman–Crippen LogP) is 2.34. The van der Waals surface area contributed by atoms with Crippen LogP contribution in [0.25, 0.3) is 0 Å². The molecule has 1 aromatic heterocycles. The van der Waals surface area contributed by atoms with Gasteiger partial charge in [0.1, 0.15) is 5.82 Å². The number of nitrogens with zero attached hydrogens (tertiary/aromatic N) is 2. The first-order valence-electron chi connectivity index (χ1n) is 6.05. The summed E-state index contributed by atoms with van der Waals surface area (Å²) in [7, 11) is 0. The van der Waals surface area contributed by atoms with Crippen molar-refractivity contribution in [3.63, 3.8) is 0 Å². The minimum absolute atomic E-state index is 0.678. The lowest BCUT2D eigenvalue weighted by molar-refractivity contribution is 0.969. The molecule has 0 saturated carbocycles. The molecule has 0 saturated heterocycles. The Hall–Kier alpha value is -1.94. The number of nitrogens with two attached hydrogens (primary N) is 1. The van der Waals surface area contributed by atoms with E-state index in [1.54, 1.807) is 0 Å². The van der Waals surface area contributed by atoms with Gasteiger partial charge in [-0.2, -0.15) is 0 Å². The third kappa shape index (κ3) is 3.05. The van der Waals surface area contributed by atoms with Gasteiger partial charge in [-0.05, 0) is 44.5 Å². The number of anilines is 2. The molecule has 0 atom stereocenters. The highest BCUT2D eigenvalue weighted by atomic mass is 15.0. The van der Waals surface area contributed by atoms with E-state index in [2.05, 4.69) is 27.4 Å². The van der Waals surface area contributed by atoms with Crippen molar-refractivity contribution < 1.29 is 0 Å². The summed E-state index contributed by atoms with van der Waals surface area (Å²) in [5.41, 5.74) is 9.70. The van der Waals surface area contributed by atoms with Gasteiger partial charge in [-0.25, -0.2) is 9.97 Å². The van der Waals surface area contributed by atoms with Gasteiger partial charge in [0, 0.05) is 5.69 Å². The molecule has 2 rings (SSSR count). The van der Waals surface area contributed by atoms with Crippen LogP contribution in [0.4, 0.5) is 11.4 Å². The van der Waals surface area contributed by atoms with E-state index in [0.717, 1.165) is 29.3 Å². The van der Waals surface area contributed by atoms with Crippen molar-refractivity contribution in [3.8, 4) is 0 Å². The summed E-state index contributed by atoms with van der Waals surface area (Å²) < 4.78 is 0. The molecule has 0 unspecified atom stereocenters. The first kappa shape index (κ1) is 12.5. The SMILES string of the molecule is Cc1ncc(Nc2ccc(CCN)cc2)c(C)n1. The standard InChI is InChI=1S/C14H18N4/c1-10-14(9-16-11(2)17-10)18-13-5-3-12(4-6-13)7-8-15/h3-6,9,18H,7-8,15H2,1-2H3. The molecule has 1 aromatic carbocycles. The summed E-state index contributed by atoms with van der Waals surface area (Å²) in [6.07, 6.45) is 2.72. The van der Waals surface area contributed by atoms with Crippen LogP contribution in [0.5, 0.6) is 0 Å². The maximum Gasteiger partial charge on any atom is 0.125 e. The van der Waals surface area contributed by atoms with Crippen LogP contribution in [0.15, 0.2) is 30.5 Å². The van der Waals surface area contributed by atoms with Crippen LogP contribution < -0.4 is 11.1 Å². The summed E-state index contributed by atoms with van der Waals surface area (Å²) in [6.45, 7) is 4.54. The quantitative estimate of drug-likeness (QED) is 0.863. The molecule has 0 spiro atoms. The van der Waals surface area contributed by atoms with Crippen molar-refractivity contribution >= 4 is 11.4 Å². The molecular weight excluding hydrogens is 224 g/mol. The third-order valence-electron chi connectivity index (χ3n) is 2.77. The second-order valence-electron chi connectivity index (χ2n) is 4.28. The molecule has 0 aliphatic rings. The second-order valence-corrected chi connectivity index (χ2v) is 4.28. The number of hydrogen-bond donors (Lipinski definition) is 2. The largest absolute Gasteiger partial charge is 0.353 e. The topological polar surface area (TPSA) is 63.8 Å². The van der Waals surface area contributed by atoms with Crippen molar-refractivity contribution in [2.75, 3.05) is 11.9 Å². The van der Waals surface area contributed by atoms with Gasteiger partial charge in [0.2, 0.25) is 0 Å². The van der Waals surface area contributed by atoms with Gasteiger partial charge in [0.25, 0.3) is 0 Å². The lowest BCUT2D eigenvalue weighted by Gasteiger charge is -2.09. The van der Waals surface area contributed by atoms with Gasteiger partial charge in [-0.15, -0.1) is 0 Å². The van der Waals surface area contributed by atoms with Crippen LogP contribution >= 0.6 is 0 Å². The van der Waals surface area contributed by atoms with E-state index in [0.29, 0.717) is 6.54 Å². The molecule has 0 amide bonds. The average Bonchev–Trinajstić information content (AvgIpc) is 2.35. The fourth-order valence-corrected chi connectivity index (χ4v) is 1.78. The first-order valence-corrected chi connectivity index (χ1v) is 6.05. The van der Waals surface area contributed by atoms with E-state index < -0.39 is 0 Å². The molecular formula is C14H18N4. The maximum atomic E-state index is 5.52. The molecule has 1 heterocycles. The highest BCUT2D eigenvalue weighted by molar-refractivity contribution is 5.60. The Bertz CT molecular complexity index is 520. The van der Waals surface area contributed by atoms with Gasteiger partial charge in [-0.3, -0.25) is 0 Å². The number of aryl methyl sites for hydroxylation is 2. The highest BCUT2D eigenvalue weighted by Gasteiger charge is 2.01. The molecule has 0 bridgehead atoms. The lowest BCUT2D eigenvalue weighted by atomic mass is 10.1. The van der Waals surface area contributed by atoms with Crippen molar-refractivity contribution in [1.29, 1.82) is 0 Å². The number of rotatable bonds is 4. The van der Waals surface area contributed by atoms with Gasteiger partial charge >= 0.3 is 0 Å². The van der Waals surface area contributed by atoms with Gasteiger partial charge in [0.05, 0.1) is 17.6 Å². The number of hydrogen-bond acceptors (Lipinski definition) is 4. The minimum atomic E-state index is 0.678. The Balaban J connectivity index is 2.13. The van der Waals surface area contributed by atoms with Crippen molar-refractivity contribution in [2.45, 2.75) is 20.3 Å². The monoisotopic (exact) mass is 242 g/mol. The Morgan fingerprint density at radius 1 is 1.17 bits per heavy atom. The van der Waals surface area contributed by atoms with Crippen LogP contribution in [0.3, 0.4) is 0 Å². The van der Waals surface area contributed by atoms with E-state index >= 15 is 0 Å². The molecule has 0 aliphatic carbocycles. The third-order valence-corrected chi connectivity index (χ3v) is 2.77. The van der Waals surface area contributed by atoms with Crippen LogP contribution in [0, 0.1) is 13.8 Å². The van der Waals surface area contributed by atoms with E-state index in [9.17, 15) is 0 Å². The first-order chi connectivity index (χ1) is 8.69. The van der Waals surface area contributed by atoms with Gasteiger partial charge in [0.15, 0.2) is 0 Å². The fourth-order valence-electron chi connectivity index (χ4n) is 1.78. The van der Waals surface area contributed by atoms with Crippen LogP contribution in [-0.2, 0) is 6.42 Å². The molecule has 3 N–H and O–H groups in total. The molecule has 2 aromatic rings. The van der Waals surface area contributed by atoms with Crippen molar-refractivity contribution in [2.24, 2.45) is 5.73 Å². The molecule has 4 heteroatoms. The molecule has 18 heavy (non-hydrogen) atoms. The average molecular weight is 242 g/mol. The number of nitrogens with one attached hydrogen (secondary N) is 1. The molecule has 0 radical (unpaired) electrons. The molecule has 94 valence electrons. The summed E-state index contributed by atoms with van der Waals surface area (Å²) in [4.78, 5) is 8.52. The van der Waals surface area contributed by atoms with Crippen LogP contribution in [-0.4, -0.2) is 16.5 Å². The lowest BCUT2D eigenvalue weighted by Crippen LogP contribution is -2.02. The highest BCUT2D eigenvalue weighted by Crippen LogP contribution is 2.18. The van der Waals surface area contributed by atoms with E-state index in [4.69, 9.17) is 5.73 Å². The summed E-state index contributed by atoms with van der Waals surface area (Å²) in [5, 5.41) is 3.31. The molecule has 0 aliphatic heterocycles. The minimum Gasteiger partial charge on any atom is -0.353 e. The Morgan fingerprint density at radius 2 is 1.89 bits per heavy atom. The zero-order chi connectivity index (χ0) is 13.0. The Kier molecular flexibility index (Phi) is 3.89. The second kappa shape index (κ2) is 5.60. The Morgan fingerprint density at radius 3 is 2.50 bits per heavy atom. The summed E-state index contributed by atoms with van der Waals surface area (Å²) in [5.74, 6) is 0.788. The van der Waals surface area contributed by atoms with Crippen molar-refractivity contribution in [1.82, 2.24) is 9.97 Å². The maximum absolute atomic E-state index is 5.52. The molecule has 4 nitrogen and oxygen atoms in total.